The summed E-state index contributed by atoms with van der Waals surface area (Å²) in [4.78, 5) is 0. The summed E-state index contributed by atoms with van der Waals surface area (Å²) >= 11 is 3.22. The summed E-state index contributed by atoms with van der Waals surface area (Å²) in [6.07, 6.45) is 3.24. The van der Waals surface area contributed by atoms with Crippen molar-refractivity contribution in [3.63, 3.8) is 0 Å². The minimum atomic E-state index is 0.968. The van der Waals surface area contributed by atoms with Crippen LogP contribution in [0.2, 0.25) is 0 Å². The molecule has 0 radical (unpaired) electrons. The zero-order valence-corrected chi connectivity index (χ0v) is 5.18. The molecule has 2 heteroatoms. The zero-order valence-electron chi connectivity index (χ0n) is 3.60. The van der Waals surface area contributed by atoms with E-state index in [1.54, 1.807) is 12.5 Å². The van der Waals surface area contributed by atoms with Gasteiger partial charge >= 0.3 is 12.5 Å². The first-order valence-corrected chi connectivity index (χ1v) is 2.70. The van der Waals surface area contributed by atoms with Gasteiger partial charge in [-0.05, 0) is 22.0 Å². The fraction of sp³-hybridized carbons (Fsp3) is 0. The Hall–Kier alpha value is -0.370. The van der Waals surface area contributed by atoms with Crippen molar-refractivity contribution in [2.24, 2.45) is 0 Å². The van der Waals surface area contributed by atoms with Gasteiger partial charge in [-0.2, -0.15) is 0 Å². The summed E-state index contributed by atoms with van der Waals surface area (Å²) in [6.45, 7) is 0. The third-order valence-corrected chi connectivity index (χ3v) is 1.04. The van der Waals surface area contributed by atoms with E-state index in [0.717, 1.165) is 4.47 Å². The number of hydrogen-bond acceptors (Lipinski definition) is 0. The molecule has 36 valence electrons. The molecule has 0 aliphatic carbocycles. The minimum absolute atomic E-state index is 0.968. The molecule has 0 aliphatic rings. The number of halogens is 1. The van der Waals surface area contributed by atoms with Crippen LogP contribution in [0.1, 0.15) is 0 Å². The van der Waals surface area contributed by atoms with E-state index in [9.17, 15) is 0 Å². The second kappa shape index (κ2) is 2.07. The Morgan fingerprint density at radius 1 is 1.57 bits per heavy atom. The van der Waals surface area contributed by atoms with Crippen LogP contribution >= 0.6 is 15.9 Å². The summed E-state index contributed by atoms with van der Waals surface area (Å²) in [7, 11) is 0. The van der Waals surface area contributed by atoms with Crippen LogP contribution in [-0.2, 0) is 0 Å². The van der Waals surface area contributed by atoms with Crippen LogP contribution in [0, 0.1) is 0 Å². The highest BCUT2D eigenvalue weighted by atomic mass is 79.9. The highest BCUT2D eigenvalue weighted by molar-refractivity contribution is 9.10. The van der Waals surface area contributed by atoms with Crippen molar-refractivity contribution in [1.29, 1.82) is 0 Å². The maximum atomic E-state index is 4.76. The quantitative estimate of drug-likeness (QED) is 0.530. The third-order valence-electron chi connectivity index (χ3n) is 0.593. The van der Waals surface area contributed by atoms with Gasteiger partial charge in [-0.25, -0.2) is 4.42 Å². The largest absolute Gasteiger partial charge is 0.331 e. The van der Waals surface area contributed by atoms with Gasteiger partial charge in [-0.3, -0.25) is 0 Å². The summed E-state index contributed by atoms with van der Waals surface area (Å²) in [6, 6.07) is 3.73. The molecule has 1 aromatic heterocycles. The van der Waals surface area contributed by atoms with Gasteiger partial charge in [-0.1, -0.05) is 0 Å². The molecule has 0 aromatic carbocycles. The second-order valence-electron chi connectivity index (χ2n) is 1.13. The molecule has 1 rings (SSSR count). The van der Waals surface area contributed by atoms with E-state index in [-0.39, 0.29) is 0 Å². The molecule has 0 N–H and O–H groups in total. The predicted octanol–water partition coefficient (Wildman–Crippen LogP) is 2.32. The molecule has 0 bridgehead atoms. The van der Waals surface area contributed by atoms with Gasteiger partial charge in [0.1, 0.15) is 4.47 Å². The molecule has 0 fully saturated rings. The van der Waals surface area contributed by atoms with E-state index in [0.29, 0.717) is 0 Å². The Bertz CT molecular complexity index is 138. The van der Waals surface area contributed by atoms with Crippen molar-refractivity contribution in [2.75, 3.05) is 0 Å². The van der Waals surface area contributed by atoms with E-state index in [1.807, 2.05) is 12.1 Å². The van der Waals surface area contributed by atoms with Gasteiger partial charge < -0.3 is 0 Å². The Morgan fingerprint density at radius 3 is 2.71 bits per heavy atom. The molecule has 1 aromatic rings. The Balaban J connectivity index is 3.02. The Morgan fingerprint density at radius 2 is 2.43 bits per heavy atom. The standard InChI is InChI=1S/C5H4BrO/c6-5-2-1-3-7-4-5/h1-4H/q+1. The van der Waals surface area contributed by atoms with E-state index >= 15 is 0 Å². The van der Waals surface area contributed by atoms with Gasteiger partial charge in [0.25, 0.3) is 0 Å². The lowest BCUT2D eigenvalue weighted by Crippen LogP contribution is -1.55. The first-order valence-electron chi connectivity index (χ1n) is 1.90. The molecule has 0 saturated heterocycles. The topological polar surface area (TPSA) is 11.3 Å². The molecule has 0 atom stereocenters. The smallest absolute Gasteiger partial charge is 0.223 e. The van der Waals surface area contributed by atoms with E-state index in [2.05, 4.69) is 15.9 Å². The summed E-state index contributed by atoms with van der Waals surface area (Å²) in [5.41, 5.74) is 0. The van der Waals surface area contributed by atoms with Gasteiger partial charge in [0.2, 0.25) is 0 Å². The van der Waals surface area contributed by atoms with Gasteiger partial charge in [0.05, 0.1) is 0 Å². The molecule has 1 nitrogen and oxygen atoms in total. The van der Waals surface area contributed by atoms with Gasteiger partial charge in [0, 0.05) is 6.07 Å². The van der Waals surface area contributed by atoms with Crippen LogP contribution < -0.4 is 0 Å². The molecule has 1 heterocycles. The maximum Gasteiger partial charge on any atom is 0.331 e. The lowest BCUT2D eigenvalue weighted by Gasteiger charge is -1.69. The van der Waals surface area contributed by atoms with Crippen molar-refractivity contribution >= 4 is 15.9 Å². The lowest BCUT2D eigenvalue weighted by atomic mass is 10.5. The van der Waals surface area contributed by atoms with E-state index in [4.69, 9.17) is 4.42 Å². The molecule has 7 heavy (non-hydrogen) atoms. The van der Waals surface area contributed by atoms with Crippen LogP contribution in [0.15, 0.2) is 33.5 Å². The van der Waals surface area contributed by atoms with Gasteiger partial charge in [-0.15, -0.1) is 0 Å². The second-order valence-corrected chi connectivity index (χ2v) is 2.05. The van der Waals surface area contributed by atoms with Crippen LogP contribution in [0.5, 0.6) is 0 Å². The minimum Gasteiger partial charge on any atom is -0.223 e. The molecule has 0 unspecified atom stereocenters. The highest BCUT2D eigenvalue weighted by Gasteiger charge is 1.87. The third kappa shape index (κ3) is 1.27. The first kappa shape index (κ1) is 4.78. The van der Waals surface area contributed by atoms with Crippen LogP contribution in [-0.4, -0.2) is 0 Å². The normalized spacial score (nSPS) is 8.71. The van der Waals surface area contributed by atoms with Crippen LogP contribution in [0.25, 0.3) is 0 Å². The first-order chi connectivity index (χ1) is 3.39. The summed E-state index contributed by atoms with van der Waals surface area (Å²) < 4.78 is 5.73. The lowest BCUT2D eigenvalue weighted by molar-refractivity contribution is 0.547. The molecule has 0 spiro atoms. The molecule has 0 saturated carbocycles. The van der Waals surface area contributed by atoms with Crippen molar-refractivity contribution in [1.82, 2.24) is 0 Å². The van der Waals surface area contributed by atoms with Crippen molar-refractivity contribution in [3.05, 3.63) is 29.1 Å². The molecule has 0 aliphatic heterocycles. The highest BCUT2D eigenvalue weighted by Crippen LogP contribution is 2.05. The summed E-state index contributed by atoms with van der Waals surface area (Å²) in [5, 5.41) is 0. The zero-order chi connectivity index (χ0) is 5.11. The van der Waals surface area contributed by atoms with E-state index < -0.39 is 0 Å². The number of hydrogen-bond donors (Lipinski definition) is 0. The SMILES string of the molecule is Brc1ccc[o+]c1. The van der Waals surface area contributed by atoms with Crippen LogP contribution in [0.3, 0.4) is 0 Å². The van der Waals surface area contributed by atoms with Crippen molar-refractivity contribution in [3.8, 4) is 0 Å². The average molecular weight is 160 g/mol. The van der Waals surface area contributed by atoms with Gasteiger partial charge in [0.15, 0.2) is 0 Å². The van der Waals surface area contributed by atoms with Crippen molar-refractivity contribution < 1.29 is 4.42 Å². The average Bonchev–Trinajstić information content (AvgIpc) is 1.69. The monoisotopic (exact) mass is 159 g/mol. The Kier molecular flexibility index (Phi) is 1.42. The summed E-state index contributed by atoms with van der Waals surface area (Å²) in [5.74, 6) is 0. The predicted molar refractivity (Wildman–Crippen MR) is 30.8 cm³/mol. The molecular formula is C5H4BrO+. The van der Waals surface area contributed by atoms with Crippen molar-refractivity contribution in [2.45, 2.75) is 0 Å². The number of rotatable bonds is 0. The Labute approximate surface area is 50.1 Å². The fourth-order valence-electron chi connectivity index (χ4n) is 0.320. The van der Waals surface area contributed by atoms with Crippen LogP contribution in [0.4, 0.5) is 0 Å². The molecular weight excluding hydrogens is 156 g/mol. The fourth-order valence-corrected chi connectivity index (χ4v) is 0.581. The molecule has 0 amide bonds. The van der Waals surface area contributed by atoms with E-state index in [1.165, 1.54) is 0 Å². The maximum absolute atomic E-state index is 4.76.